The normalized spacial score (nSPS) is 12.6. The van der Waals surface area contributed by atoms with Gasteiger partial charge in [-0.1, -0.05) is 41.9 Å². The molecular formula is C13H13BrClNS. The molecule has 0 aliphatic carbocycles. The third-order valence-electron chi connectivity index (χ3n) is 2.58. The van der Waals surface area contributed by atoms with Crippen LogP contribution in [0.1, 0.15) is 23.4 Å². The van der Waals surface area contributed by atoms with Gasteiger partial charge in [0.15, 0.2) is 0 Å². The minimum absolute atomic E-state index is 0.343. The summed E-state index contributed by atoms with van der Waals surface area (Å²) in [4.78, 5) is 1.24. The lowest BCUT2D eigenvalue weighted by Gasteiger charge is -2.13. The van der Waals surface area contributed by atoms with Crippen molar-refractivity contribution < 1.29 is 0 Å². The summed E-state index contributed by atoms with van der Waals surface area (Å²) in [7, 11) is 0. The van der Waals surface area contributed by atoms with E-state index < -0.39 is 0 Å². The van der Waals surface area contributed by atoms with Gasteiger partial charge in [-0.15, -0.1) is 11.3 Å². The van der Waals surface area contributed by atoms with Gasteiger partial charge in [-0.05, 0) is 34.5 Å². The highest BCUT2D eigenvalue weighted by Gasteiger charge is 2.07. The van der Waals surface area contributed by atoms with Gasteiger partial charge in [0.2, 0.25) is 0 Å². The van der Waals surface area contributed by atoms with E-state index in [-0.39, 0.29) is 0 Å². The van der Waals surface area contributed by atoms with Crippen LogP contribution in [-0.4, -0.2) is 0 Å². The molecule has 17 heavy (non-hydrogen) atoms. The molecule has 0 aliphatic rings. The van der Waals surface area contributed by atoms with Crippen LogP contribution in [0.3, 0.4) is 0 Å². The SMILES string of the molecule is CC(NCc1cc(Br)c(Cl)s1)c1ccccc1. The molecule has 0 saturated heterocycles. The summed E-state index contributed by atoms with van der Waals surface area (Å²) in [5.74, 6) is 0. The van der Waals surface area contributed by atoms with Crippen molar-refractivity contribution in [3.63, 3.8) is 0 Å². The Morgan fingerprint density at radius 3 is 2.65 bits per heavy atom. The quantitative estimate of drug-likeness (QED) is 0.830. The Balaban J connectivity index is 1.94. The Hall–Kier alpha value is -0.350. The van der Waals surface area contributed by atoms with Crippen LogP contribution in [0.15, 0.2) is 40.9 Å². The Morgan fingerprint density at radius 1 is 1.35 bits per heavy atom. The van der Waals surface area contributed by atoms with Gasteiger partial charge in [0.05, 0.1) is 0 Å². The average molecular weight is 331 g/mol. The summed E-state index contributed by atoms with van der Waals surface area (Å²) < 4.78 is 1.79. The molecule has 1 aromatic heterocycles. The zero-order chi connectivity index (χ0) is 12.3. The van der Waals surface area contributed by atoms with Crippen LogP contribution in [0.5, 0.6) is 0 Å². The zero-order valence-corrected chi connectivity index (χ0v) is 12.6. The van der Waals surface area contributed by atoms with E-state index in [0.29, 0.717) is 6.04 Å². The number of rotatable bonds is 4. The van der Waals surface area contributed by atoms with Crippen molar-refractivity contribution in [3.8, 4) is 0 Å². The predicted octanol–water partition coefficient (Wildman–Crippen LogP) is 5.01. The number of hydrogen-bond donors (Lipinski definition) is 1. The molecule has 0 saturated carbocycles. The zero-order valence-electron chi connectivity index (χ0n) is 9.41. The number of benzene rings is 1. The smallest absolute Gasteiger partial charge is 0.107 e. The van der Waals surface area contributed by atoms with E-state index in [4.69, 9.17) is 11.6 Å². The number of thiophene rings is 1. The van der Waals surface area contributed by atoms with Crippen LogP contribution in [0.25, 0.3) is 0 Å². The van der Waals surface area contributed by atoms with Crippen molar-refractivity contribution in [2.45, 2.75) is 19.5 Å². The maximum Gasteiger partial charge on any atom is 0.107 e. The molecule has 0 radical (unpaired) electrons. The molecule has 0 bridgehead atoms. The second kappa shape index (κ2) is 6.01. The first-order valence-corrected chi connectivity index (χ1v) is 7.37. The molecule has 1 nitrogen and oxygen atoms in total. The van der Waals surface area contributed by atoms with Crippen molar-refractivity contribution >= 4 is 38.9 Å². The van der Waals surface area contributed by atoms with Gasteiger partial charge < -0.3 is 5.32 Å². The Kier molecular flexibility index (Phi) is 4.62. The minimum Gasteiger partial charge on any atom is -0.305 e. The Bertz CT molecular complexity index is 464. The summed E-state index contributed by atoms with van der Waals surface area (Å²) in [5.41, 5.74) is 1.30. The molecule has 1 aromatic carbocycles. The first-order chi connectivity index (χ1) is 8.16. The van der Waals surface area contributed by atoms with Crippen molar-refractivity contribution in [2.75, 3.05) is 0 Å². The standard InChI is InChI=1S/C13H13BrClNS/c1-9(10-5-3-2-4-6-10)16-8-11-7-12(14)13(15)17-11/h2-7,9,16H,8H2,1H3. The molecular weight excluding hydrogens is 318 g/mol. The predicted molar refractivity (Wildman–Crippen MR) is 78.7 cm³/mol. The molecule has 0 spiro atoms. The highest BCUT2D eigenvalue weighted by atomic mass is 79.9. The van der Waals surface area contributed by atoms with Crippen LogP contribution in [0, 0.1) is 0 Å². The van der Waals surface area contributed by atoms with Gasteiger partial charge in [-0.3, -0.25) is 0 Å². The van der Waals surface area contributed by atoms with Crippen LogP contribution in [-0.2, 0) is 6.54 Å². The van der Waals surface area contributed by atoms with Crippen molar-refractivity contribution in [3.05, 3.63) is 55.6 Å². The molecule has 2 aromatic rings. The molecule has 1 atom stereocenters. The van der Waals surface area contributed by atoms with Crippen molar-refractivity contribution in [1.29, 1.82) is 0 Å². The first kappa shape index (κ1) is 13.1. The van der Waals surface area contributed by atoms with E-state index in [1.54, 1.807) is 11.3 Å². The fourth-order valence-electron chi connectivity index (χ4n) is 1.59. The highest BCUT2D eigenvalue weighted by Crippen LogP contribution is 2.32. The van der Waals surface area contributed by atoms with E-state index in [1.807, 2.05) is 6.07 Å². The van der Waals surface area contributed by atoms with Crippen LogP contribution >= 0.6 is 38.9 Å². The summed E-state index contributed by atoms with van der Waals surface area (Å²) in [6.07, 6.45) is 0. The largest absolute Gasteiger partial charge is 0.305 e. The lowest BCUT2D eigenvalue weighted by Crippen LogP contribution is -2.17. The molecule has 90 valence electrons. The summed E-state index contributed by atoms with van der Waals surface area (Å²) in [6.45, 7) is 3.01. The molecule has 1 N–H and O–H groups in total. The molecule has 2 rings (SSSR count). The molecule has 0 amide bonds. The van der Waals surface area contributed by atoms with Crippen molar-refractivity contribution in [1.82, 2.24) is 5.32 Å². The topological polar surface area (TPSA) is 12.0 Å². The highest BCUT2D eigenvalue weighted by molar-refractivity contribution is 9.10. The van der Waals surface area contributed by atoms with E-state index in [0.717, 1.165) is 15.4 Å². The van der Waals surface area contributed by atoms with E-state index in [9.17, 15) is 0 Å². The number of nitrogens with one attached hydrogen (secondary N) is 1. The molecule has 4 heteroatoms. The summed E-state index contributed by atoms with van der Waals surface area (Å²) in [6, 6.07) is 12.8. The van der Waals surface area contributed by atoms with E-state index in [2.05, 4.69) is 58.5 Å². The maximum absolute atomic E-state index is 6.01. The lowest BCUT2D eigenvalue weighted by atomic mass is 10.1. The van der Waals surface area contributed by atoms with Gasteiger partial charge in [-0.2, -0.15) is 0 Å². The fraction of sp³-hybridized carbons (Fsp3) is 0.231. The van der Waals surface area contributed by atoms with Crippen LogP contribution < -0.4 is 5.32 Å². The molecule has 1 unspecified atom stereocenters. The fourth-order valence-corrected chi connectivity index (χ4v) is 3.33. The molecule has 0 aliphatic heterocycles. The van der Waals surface area contributed by atoms with Gasteiger partial charge in [0.25, 0.3) is 0 Å². The van der Waals surface area contributed by atoms with E-state index in [1.165, 1.54) is 10.4 Å². The van der Waals surface area contributed by atoms with Gasteiger partial charge in [0, 0.05) is 21.9 Å². The summed E-state index contributed by atoms with van der Waals surface area (Å²) >= 11 is 11.0. The second-order valence-corrected chi connectivity index (χ2v) is 6.44. The van der Waals surface area contributed by atoms with Crippen LogP contribution in [0.2, 0.25) is 4.34 Å². The van der Waals surface area contributed by atoms with Gasteiger partial charge >= 0.3 is 0 Å². The number of halogens is 2. The first-order valence-electron chi connectivity index (χ1n) is 5.39. The van der Waals surface area contributed by atoms with Crippen LogP contribution in [0.4, 0.5) is 0 Å². The van der Waals surface area contributed by atoms with Gasteiger partial charge in [0.1, 0.15) is 4.34 Å². The maximum atomic E-state index is 6.01. The lowest BCUT2D eigenvalue weighted by molar-refractivity contribution is 0.579. The molecule has 1 heterocycles. The van der Waals surface area contributed by atoms with E-state index >= 15 is 0 Å². The number of hydrogen-bond acceptors (Lipinski definition) is 2. The third-order valence-corrected chi connectivity index (χ3v) is 5.05. The summed E-state index contributed by atoms with van der Waals surface area (Å²) in [5, 5.41) is 3.49. The second-order valence-electron chi connectivity index (χ2n) is 3.85. The third kappa shape index (κ3) is 3.55. The van der Waals surface area contributed by atoms with Crippen molar-refractivity contribution in [2.24, 2.45) is 0 Å². The van der Waals surface area contributed by atoms with Gasteiger partial charge in [-0.25, -0.2) is 0 Å². The Morgan fingerprint density at radius 2 is 2.06 bits per heavy atom. The average Bonchev–Trinajstić information content (AvgIpc) is 2.67. The minimum atomic E-state index is 0.343. The monoisotopic (exact) mass is 329 g/mol. The molecule has 0 fully saturated rings. The Labute approximate surface area is 119 Å².